The molecule has 0 radical (unpaired) electrons. The molecule has 0 spiro atoms. The van der Waals surface area contributed by atoms with Crippen molar-refractivity contribution in [2.24, 2.45) is 5.92 Å². The highest BCUT2D eigenvalue weighted by Gasteiger charge is 2.21. The molecule has 1 aromatic carbocycles. The predicted octanol–water partition coefficient (Wildman–Crippen LogP) is 3.86. The molecule has 3 nitrogen and oxygen atoms in total. The van der Waals surface area contributed by atoms with Crippen molar-refractivity contribution in [2.45, 2.75) is 25.8 Å². The first-order valence-corrected chi connectivity index (χ1v) is 7.41. The molecule has 2 atom stereocenters. The predicted molar refractivity (Wildman–Crippen MR) is 81.6 cm³/mol. The van der Waals surface area contributed by atoms with Gasteiger partial charge in [-0.1, -0.05) is 30.7 Å². The summed E-state index contributed by atoms with van der Waals surface area (Å²) in [5, 5.41) is 4.27. The normalized spacial score (nSPS) is 22.7. The molecule has 2 unspecified atom stereocenters. The number of hydrogen-bond acceptors (Lipinski definition) is 3. The van der Waals surface area contributed by atoms with E-state index in [1.165, 1.54) is 6.42 Å². The Bertz CT molecular complexity index is 600. The Morgan fingerprint density at radius 2 is 2.15 bits per heavy atom. The van der Waals surface area contributed by atoms with Crippen LogP contribution in [0, 0.1) is 5.92 Å². The molecule has 20 heavy (non-hydrogen) atoms. The van der Waals surface area contributed by atoms with Gasteiger partial charge in [0.1, 0.15) is 6.33 Å². The number of hydrogen-bond donors (Lipinski definition) is 1. The van der Waals surface area contributed by atoms with Crippen molar-refractivity contribution < 1.29 is 0 Å². The molecule has 2 aromatic rings. The number of halogens is 1. The van der Waals surface area contributed by atoms with Crippen LogP contribution in [0.25, 0.3) is 11.3 Å². The first kappa shape index (κ1) is 13.5. The van der Waals surface area contributed by atoms with Crippen LogP contribution in [0.2, 0.25) is 5.02 Å². The SMILES string of the molecule is CC1CCNC(c2cc(-c3cccc(Cl)c3)ncn2)C1. The van der Waals surface area contributed by atoms with E-state index in [1.54, 1.807) is 6.33 Å². The lowest BCUT2D eigenvalue weighted by atomic mass is 9.92. The van der Waals surface area contributed by atoms with Crippen molar-refractivity contribution in [3.63, 3.8) is 0 Å². The van der Waals surface area contributed by atoms with Crippen LogP contribution in [-0.2, 0) is 0 Å². The van der Waals surface area contributed by atoms with Gasteiger partial charge in [-0.25, -0.2) is 9.97 Å². The summed E-state index contributed by atoms with van der Waals surface area (Å²) in [6.45, 7) is 3.36. The summed E-state index contributed by atoms with van der Waals surface area (Å²) in [5.74, 6) is 0.742. The number of rotatable bonds is 2. The maximum Gasteiger partial charge on any atom is 0.116 e. The van der Waals surface area contributed by atoms with Crippen molar-refractivity contribution in [3.8, 4) is 11.3 Å². The molecular weight excluding hydrogens is 270 g/mol. The van der Waals surface area contributed by atoms with Crippen LogP contribution >= 0.6 is 11.6 Å². The van der Waals surface area contributed by atoms with E-state index in [2.05, 4.69) is 28.3 Å². The van der Waals surface area contributed by atoms with Gasteiger partial charge in [0.2, 0.25) is 0 Å². The number of piperidine rings is 1. The van der Waals surface area contributed by atoms with Gasteiger partial charge >= 0.3 is 0 Å². The van der Waals surface area contributed by atoms with Gasteiger partial charge in [-0.15, -0.1) is 0 Å². The van der Waals surface area contributed by atoms with Gasteiger partial charge in [-0.2, -0.15) is 0 Å². The molecule has 0 saturated carbocycles. The van der Waals surface area contributed by atoms with E-state index in [1.807, 2.05) is 24.3 Å². The number of nitrogens with one attached hydrogen (secondary N) is 1. The minimum Gasteiger partial charge on any atom is -0.309 e. The van der Waals surface area contributed by atoms with Crippen molar-refractivity contribution in [1.29, 1.82) is 0 Å². The molecule has 1 fully saturated rings. The Balaban J connectivity index is 1.89. The van der Waals surface area contributed by atoms with Crippen LogP contribution in [0.3, 0.4) is 0 Å². The third-order valence-corrected chi connectivity index (χ3v) is 4.07. The lowest BCUT2D eigenvalue weighted by Crippen LogP contribution is -2.31. The minimum atomic E-state index is 0.333. The lowest BCUT2D eigenvalue weighted by Gasteiger charge is -2.27. The second-order valence-electron chi connectivity index (χ2n) is 5.47. The van der Waals surface area contributed by atoms with Gasteiger partial charge < -0.3 is 5.32 Å². The fourth-order valence-electron chi connectivity index (χ4n) is 2.70. The van der Waals surface area contributed by atoms with Crippen LogP contribution in [0.5, 0.6) is 0 Å². The molecule has 0 amide bonds. The first-order valence-electron chi connectivity index (χ1n) is 7.03. The van der Waals surface area contributed by atoms with Crippen LogP contribution in [-0.4, -0.2) is 16.5 Å². The Morgan fingerprint density at radius 3 is 2.95 bits per heavy atom. The third-order valence-electron chi connectivity index (χ3n) is 3.83. The average molecular weight is 288 g/mol. The fraction of sp³-hybridized carbons (Fsp3) is 0.375. The smallest absolute Gasteiger partial charge is 0.116 e. The highest BCUT2D eigenvalue weighted by Crippen LogP contribution is 2.28. The van der Waals surface area contributed by atoms with Crippen LogP contribution in [0.15, 0.2) is 36.7 Å². The number of nitrogens with zero attached hydrogens (tertiary/aromatic N) is 2. The maximum absolute atomic E-state index is 6.05. The summed E-state index contributed by atoms with van der Waals surface area (Å²) in [7, 11) is 0. The van der Waals surface area contributed by atoms with Gasteiger partial charge in [0.15, 0.2) is 0 Å². The Labute approximate surface area is 124 Å². The van der Waals surface area contributed by atoms with Crippen LogP contribution in [0.1, 0.15) is 31.5 Å². The van der Waals surface area contributed by atoms with E-state index < -0.39 is 0 Å². The Kier molecular flexibility index (Phi) is 3.99. The molecule has 2 heterocycles. The zero-order valence-corrected chi connectivity index (χ0v) is 12.3. The molecule has 1 N–H and O–H groups in total. The minimum absolute atomic E-state index is 0.333. The highest BCUT2D eigenvalue weighted by atomic mass is 35.5. The van der Waals surface area contributed by atoms with E-state index in [4.69, 9.17) is 11.6 Å². The third kappa shape index (κ3) is 3.00. The largest absolute Gasteiger partial charge is 0.309 e. The molecule has 1 aliphatic heterocycles. The summed E-state index contributed by atoms with van der Waals surface area (Å²) in [6.07, 6.45) is 4.02. The molecule has 1 saturated heterocycles. The molecule has 4 heteroatoms. The average Bonchev–Trinajstić information content (AvgIpc) is 2.47. The van der Waals surface area contributed by atoms with Gasteiger partial charge in [-0.3, -0.25) is 0 Å². The standard InChI is InChI=1S/C16H18ClN3/c1-11-5-6-18-15(7-11)16-9-14(19-10-20-16)12-3-2-4-13(17)8-12/h2-4,8-11,15,18H,5-7H2,1H3. The molecule has 0 bridgehead atoms. The quantitative estimate of drug-likeness (QED) is 0.911. The molecular formula is C16H18ClN3. The molecule has 3 rings (SSSR count). The summed E-state index contributed by atoms with van der Waals surface area (Å²) in [6, 6.07) is 10.2. The van der Waals surface area contributed by atoms with E-state index >= 15 is 0 Å². The summed E-state index contributed by atoms with van der Waals surface area (Å²) < 4.78 is 0. The summed E-state index contributed by atoms with van der Waals surface area (Å²) in [4.78, 5) is 8.81. The summed E-state index contributed by atoms with van der Waals surface area (Å²) >= 11 is 6.05. The first-order chi connectivity index (χ1) is 9.72. The molecule has 104 valence electrons. The zero-order chi connectivity index (χ0) is 13.9. The van der Waals surface area contributed by atoms with Crippen molar-refractivity contribution in [3.05, 3.63) is 47.4 Å². The second-order valence-corrected chi connectivity index (χ2v) is 5.91. The number of aromatic nitrogens is 2. The van der Waals surface area contributed by atoms with E-state index in [0.29, 0.717) is 6.04 Å². The molecule has 1 aromatic heterocycles. The van der Waals surface area contributed by atoms with Gasteiger partial charge in [0, 0.05) is 16.6 Å². The van der Waals surface area contributed by atoms with Crippen LogP contribution < -0.4 is 5.32 Å². The highest BCUT2D eigenvalue weighted by molar-refractivity contribution is 6.30. The van der Waals surface area contributed by atoms with E-state index in [0.717, 1.165) is 40.9 Å². The van der Waals surface area contributed by atoms with Gasteiger partial charge in [0.05, 0.1) is 11.4 Å². The maximum atomic E-state index is 6.05. The second kappa shape index (κ2) is 5.90. The molecule has 1 aliphatic rings. The Hall–Kier alpha value is -1.45. The van der Waals surface area contributed by atoms with Crippen molar-refractivity contribution in [2.75, 3.05) is 6.54 Å². The molecule has 0 aliphatic carbocycles. The fourth-order valence-corrected chi connectivity index (χ4v) is 2.89. The van der Waals surface area contributed by atoms with Crippen molar-refractivity contribution in [1.82, 2.24) is 15.3 Å². The Morgan fingerprint density at radius 1 is 1.25 bits per heavy atom. The van der Waals surface area contributed by atoms with Crippen molar-refractivity contribution >= 4 is 11.6 Å². The topological polar surface area (TPSA) is 37.8 Å². The van der Waals surface area contributed by atoms with Gasteiger partial charge in [0.25, 0.3) is 0 Å². The monoisotopic (exact) mass is 287 g/mol. The van der Waals surface area contributed by atoms with Crippen LogP contribution in [0.4, 0.5) is 0 Å². The number of benzene rings is 1. The summed E-state index contributed by atoms with van der Waals surface area (Å²) in [5.41, 5.74) is 3.03. The lowest BCUT2D eigenvalue weighted by molar-refractivity contribution is 0.320. The van der Waals surface area contributed by atoms with Gasteiger partial charge in [-0.05, 0) is 43.5 Å². The zero-order valence-electron chi connectivity index (χ0n) is 11.5. The van der Waals surface area contributed by atoms with E-state index in [-0.39, 0.29) is 0 Å². The van der Waals surface area contributed by atoms with E-state index in [9.17, 15) is 0 Å².